The van der Waals surface area contributed by atoms with Crippen molar-refractivity contribution in [1.29, 1.82) is 0 Å². The minimum atomic E-state index is -1.21. The highest BCUT2D eigenvalue weighted by Gasteiger charge is 2.30. The second-order valence-electron chi connectivity index (χ2n) is 5.45. The SMILES string of the molecule is CC(COC(C)(C)C(C)CCO)C(C)(N)O. The molecule has 3 unspecified atom stereocenters. The first-order chi connectivity index (χ1) is 7.11. The molecule has 0 rings (SSSR count). The molecule has 0 fully saturated rings. The van der Waals surface area contributed by atoms with Crippen molar-refractivity contribution < 1.29 is 14.9 Å². The quantitative estimate of drug-likeness (QED) is 0.576. The molecular weight excluding hydrogens is 206 g/mol. The molecule has 0 spiro atoms. The molecule has 0 amide bonds. The number of nitrogens with two attached hydrogens (primary N) is 1. The van der Waals surface area contributed by atoms with E-state index in [0.29, 0.717) is 13.0 Å². The lowest BCUT2D eigenvalue weighted by Crippen LogP contribution is -2.46. The Morgan fingerprint density at radius 2 is 1.69 bits per heavy atom. The van der Waals surface area contributed by atoms with Crippen molar-refractivity contribution in [2.75, 3.05) is 13.2 Å². The Hall–Kier alpha value is -0.160. The normalized spacial score (nSPS) is 20.2. The second-order valence-corrected chi connectivity index (χ2v) is 5.45. The van der Waals surface area contributed by atoms with Crippen LogP contribution in [0.3, 0.4) is 0 Å². The summed E-state index contributed by atoms with van der Waals surface area (Å²) in [5.41, 5.74) is 4.05. The van der Waals surface area contributed by atoms with Gasteiger partial charge in [0.05, 0.1) is 12.2 Å². The molecule has 4 heteroatoms. The summed E-state index contributed by atoms with van der Waals surface area (Å²) >= 11 is 0. The molecule has 16 heavy (non-hydrogen) atoms. The Morgan fingerprint density at radius 1 is 1.19 bits per heavy atom. The maximum atomic E-state index is 9.58. The molecular formula is C12H27NO3. The van der Waals surface area contributed by atoms with Crippen molar-refractivity contribution in [2.45, 2.75) is 52.4 Å². The lowest BCUT2D eigenvalue weighted by Gasteiger charge is -2.35. The van der Waals surface area contributed by atoms with Gasteiger partial charge in [0.25, 0.3) is 0 Å². The van der Waals surface area contributed by atoms with Gasteiger partial charge in [0.15, 0.2) is 0 Å². The van der Waals surface area contributed by atoms with Gasteiger partial charge >= 0.3 is 0 Å². The number of hydrogen-bond donors (Lipinski definition) is 3. The summed E-state index contributed by atoms with van der Waals surface area (Å²) in [6.07, 6.45) is 0.709. The van der Waals surface area contributed by atoms with Gasteiger partial charge in [-0.15, -0.1) is 0 Å². The van der Waals surface area contributed by atoms with E-state index >= 15 is 0 Å². The van der Waals surface area contributed by atoms with Gasteiger partial charge in [-0.25, -0.2) is 0 Å². The fraction of sp³-hybridized carbons (Fsp3) is 1.00. The lowest BCUT2D eigenvalue weighted by atomic mass is 9.89. The summed E-state index contributed by atoms with van der Waals surface area (Å²) in [4.78, 5) is 0. The molecule has 98 valence electrons. The largest absolute Gasteiger partial charge is 0.396 e. The highest BCUT2D eigenvalue weighted by Crippen LogP contribution is 2.25. The first-order valence-corrected chi connectivity index (χ1v) is 5.87. The molecule has 4 nitrogen and oxygen atoms in total. The standard InChI is InChI=1S/C12H27NO3/c1-9(6-7-14)11(3,4)16-8-10(2)12(5,13)15/h9-10,14-15H,6-8,13H2,1-5H3. The number of aliphatic hydroxyl groups excluding tert-OH is 1. The smallest absolute Gasteiger partial charge is 0.115 e. The summed E-state index contributed by atoms with van der Waals surface area (Å²) in [5.74, 6) is 0.125. The summed E-state index contributed by atoms with van der Waals surface area (Å²) in [5, 5.41) is 18.5. The van der Waals surface area contributed by atoms with Gasteiger partial charge < -0.3 is 20.7 Å². The Labute approximate surface area is 98.8 Å². The number of ether oxygens (including phenoxy) is 1. The molecule has 0 aliphatic carbocycles. The van der Waals surface area contributed by atoms with Crippen LogP contribution in [0, 0.1) is 11.8 Å². The van der Waals surface area contributed by atoms with E-state index in [1.54, 1.807) is 6.92 Å². The number of rotatable bonds is 7. The number of aliphatic hydroxyl groups is 2. The Kier molecular flexibility index (Phi) is 5.90. The van der Waals surface area contributed by atoms with E-state index in [0.717, 1.165) is 0 Å². The van der Waals surface area contributed by atoms with E-state index < -0.39 is 5.72 Å². The van der Waals surface area contributed by atoms with Crippen LogP contribution in [0.2, 0.25) is 0 Å². The fourth-order valence-electron chi connectivity index (χ4n) is 1.19. The first-order valence-electron chi connectivity index (χ1n) is 5.87. The van der Waals surface area contributed by atoms with Gasteiger partial charge in [0, 0.05) is 12.5 Å². The zero-order valence-corrected chi connectivity index (χ0v) is 11.2. The van der Waals surface area contributed by atoms with Crippen LogP contribution in [0.15, 0.2) is 0 Å². The van der Waals surface area contributed by atoms with Gasteiger partial charge in [-0.05, 0) is 33.1 Å². The number of hydrogen-bond acceptors (Lipinski definition) is 4. The molecule has 3 atom stereocenters. The molecule has 0 aromatic heterocycles. The van der Waals surface area contributed by atoms with E-state index in [9.17, 15) is 5.11 Å². The predicted octanol–water partition coefficient (Wildman–Crippen LogP) is 1.10. The maximum Gasteiger partial charge on any atom is 0.115 e. The van der Waals surface area contributed by atoms with Crippen molar-refractivity contribution >= 4 is 0 Å². The van der Waals surface area contributed by atoms with E-state index in [2.05, 4.69) is 0 Å². The zero-order chi connectivity index (χ0) is 13.0. The van der Waals surface area contributed by atoms with Gasteiger partial charge in [0.1, 0.15) is 5.72 Å². The van der Waals surface area contributed by atoms with E-state index in [1.807, 2.05) is 27.7 Å². The summed E-state index contributed by atoms with van der Waals surface area (Å²) in [6.45, 7) is 10.0. The molecule has 0 bridgehead atoms. The third-order valence-electron chi connectivity index (χ3n) is 3.45. The molecule has 0 heterocycles. The van der Waals surface area contributed by atoms with Crippen LogP contribution in [-0.2, 0) is 4.74 Å². The van der Waals surface area contributed by atoms with Crippen LogP contribution in [0.25, 0.3) is 0 Å². The van der Waals surface area contributed by atoms with Crippen LogP contribution >= 0.6 is 0 Å². The molecule has 0 aromatic carbocycles. The molecule has 0 aliphatic rings. The third-order valence-corrected chi connectivity index (χ3v) is 3.45. The monoisotopic (exact) mass is 233 g/mol. The topological polar surface area (TPSA) is 75.7 Å². The van der Waals surface area contributed by atoms with E-state index in [-0.39, 0.29) is 24.0 Å². The highest BCUT2D eigenvalue weighted by atomic mass is 16.5. The average Bonchev–Trinajstić information content (AvgIpc) is 2.13. The average molecular weight is 233 g/mol. The van der Waals surface area contributed by atoms with Crippen molar-refractivity contribution in [3.8, 4) is 0 Å². The summed E-state index contributed by atoms with van der Waals surface area (Å²) < 4.78 is 5.78. The zero-order valence-electron chi connectivity index (χ0n) is 11.2. The van der Waals surface area contributed by atoms with Crippen LogP contribution in [0.5, 0.6) is 0 Å². The van der Waals surface area contributed by atoms with Gasteiger partial charge in [-0.2, -0.15) is 0 Å². The van der Waals surface area contributed by atoms with Crippen molar-refractivity contribution in [3.05, 3.63) is 0 Å². The summed E-state index contributed by atoms with van der Waals surface area (Å²) in [7, 11) is 0. The van der Waals surface area contributed by atoms with Gasteiger partial charge in [0.2, 0.25) is 0 Å². The highest BCUT2D eigenvalue weighted by molar-refractivity contribution is 4.78. The van der Waals surface area contributed by atoms with Gasteiger partial charge in [-0.3, -0.25) is 0 Å². The van der Waals surface area contributed by atoms with Crippen LogP contribution in [0.4, 0.5) is 0 Å². The second kappa shape index (κ2) is 5.96. The fourth-order valence-corrected chi connectivity index (χ4v) is 1.19. The Bertz CT molecular complexity index is 199. The minimum Gasteiger partial charge on any atom is -0.396 e. The van der Waals surface area contributed by atoms with Crippen molar-refractivity contribution in [1.82, 2.24) is 0 Å². The van der Waals surface area contributed by atoms with E-state index in [4.69, 9.17) is 15.6 Å². The third kappa shape index (κ3) is 5.25. The minimum absolute atomic E-state index is 0.131. The Balaban J connectivity index is 4.18. The summed E-state index contributed by atoms with van der Waals surface area (Å²) in [6, 6.07) is 0. The lowest BCUT2D eigenvalue weighted by molar-refractivity contribution is -0.104. The van der Waals surface area contributed by atoms with Crippen LogP contribution in [0.1, 0.15) is 41.0 Å². The molecule has 0 radical (unpaired) electrons. The predicted molar refractivity (Wildman–Crippen MR) is 64.9 cm³/mol. The maximum absolute atomic E-state index is 9.58. The molecule has 0 saturated heterocycles. The molecule has 4 N–H and O–H groups in total. The van der Waals surface area contributed by atoms with Crippen molar-refractivity contribution in [2.24, 2.45) is 17.6 Å². The molecule has 0 aliphatic heterocycles. The molecule has 0 aromatic rings. The Morgan fingerprint density at radius 3 is 2.06 bits per heavy atom. The first kappa shape index (κ1) is 15.8. The van der Waals surface area contributed by atoms with Crippen LogP contribution in [-0.4, -0.2) is 34.8 Å². The van der Waals surface area contributed by atoms with Crippen LogP contribution < -0.4 is 5.73 Å². The van der Waals surface area contributed by atoms with Gasteiger partial charge in [-0.1, -0.05) is 13.8 Å². The molecule has 0 saturated carbocycles. The van der Waals surface area contributed by atoms with E-state index in [1.165, 1.54) is 0 Å². The van der Waals surface area contributed by atoms with Crippen molar-refractivity contribution in [3.63, 3.8) is 0 Å².